The largest absolute Gasteiger partial charge is 0.380 e. The summed E-state index contributed by atoms with van der Waals surface area (Å²) in [6, 6.07) is 11.8. The predicted octanol–water partition coefficient (Wildman–Crippen LogP) is 2.90. The quantitative estimate of drug-likeness (QED) is 0.882. The van der Waals surface area contributed by atoms with Gasteiger partial charge in [0, 0.05) is 23.8 Å². The lowest BCUT2D eigenvalue weighted by Crippen LogP contribution is -2.28. The van der Waals surface area contributed by atoms with Gasteiger partial charge >= 0.3 is 0 Å². The molecule has 0 spiro atoms. The molecule has 0 saturated heterocycles. The average molecular weight is 337 g/mol. The molecule has 0 aliphatic heterocycles. The summed E-state index contributed by atoms with van der Waals surface area (Å²) < 4.78 is 6.14. The van der Waals surface area contributed by atoms with E-state index < -0.39 is 0 Å². The molecule has 0 fully saturated rings. The minimum Gasteiger partial charge on any atom is -0.380 e. The summed E-state index contributed by atoms with van der Waals surface area (Å²) in [7, 11) is 1.55. The maximum Gasteiger partial charge on any atom is 0.227 e. The first-order valence-electron chi connectivity index (χ1n) is 6.34. The van der Waals surface area contributed by atoms with E-state index in [9.17, 15) is 4.79 Å². The Morgan fingerprint density at radius 3 is 2.70 bits per heavy atom. The summed E-state index contributed by atoms with van der Waals surface area (Å²) in [5.74, 6) is -0.0984. The number of nitrogens with two attached hydrogens (primary N) is 1. The number of halogens is 1. The number of ether oxygens (including phenoxy) is 1. The van der Waals surface area contributed by atoms with Crippen molar-refractivity contribution in [2.24, 2.45) is 5.73 Å². The van der Waals surface area contributed by atoms with Gasteiger partial charge in [-0.3, -0.25) is 4.79 Å². The Hall–Kier alpha value is -1.43. The summed E-state index contributed by atoms with van der Waals surface area (Å²) in [5, 5.41) is 5.06. The number of methoxy groups -OCH3 is 1. The highest BCUT2D eigenvalue weighted by molar-refractivity contribution is 9.10. The molecule has 0 heterocycles. The Kier molecular flexibility index (Phi) is 5.11. The number of nitrogens with one attached hydrogen (secondary N) is 1. The number of carbonyl (C=O) groups excluding carboxylic acids is 1. The fourth-order valence-electron chi connectivity index (χ4n) is 1.98. The predicted molar refractivity (Wildman–Crippen MR) is 84.7 cm³/mol. The van der Waals surface area contributed by atoms with Crippen LogP contribution in [0, 0.1) is 0 Å². The summed E-state index contributed by atoms with van der Waals surface area (Å²) in [5.41, 5.74) is 6.28. The van der Waals surface area contributed by atoms with Crippen molar-refractivity contribution in [1.82, 2.24) is 0 Å². The lowest BCUT2D eigenvalue weighted by molar-refractivity contribution is -0.118. The highest BCUT2D eigenvalue weighted by atomic mass is 79.9. The van der Waals surface area contributed by atoms with E-state index in [1.807, 2.05) is 36.4 Å². The van der Waals surface area contributed by atoms with Crippen LogP contribution in [0.2, 0.25) is 0 Å². The van der Waals surface area contributed by atoms with E-state index in [0.29, 0.717) is 6.54 Å². The molecule has 4 nitrogen and oxygen atoms in total. The molecule has 20 heavy (non-hydrogen) atoms. The zero-order valence-electron chi connectivity index (χ0n) is 11.2. The third-order valence-corrected chi connectivity index (χ3v) is 3.59. The van der Waals surface area contributed by atoms with Crippen LogP contribution in [0.5, 0.6) is 0 Å². The standard InChI is InChI=1S/C15H17BrN2O2/c1-20-14(9-17)8-15(19)18-13-5-3-10-6-12(16)4-2-11(10)7-13/h2-7,14H,8-9,17H2,1H3,(H,18,19). The van der Waals surface area contributed by atoms with Crippen molar-refractivity contribution < 1.29 is 9.53 Å². The maximum atomic E-state index is 11.9. The Bertz CT molecular complexity index is 612. The van der Waals surface area contributed by atoms with Crippen LogP contribution in [0.3, 0.4) is 0 Å². The SMILES string of the molecule is COC(CN)CC(=O)Nc1ccc2cc(Br)ccc2c1. The Morgan fingerprint density at radius 2 is 2.00 bits per heavy atom. The molecule has 106 valence electrons. The van der Waals surface area contributed by atoms with Gasteiger partial charge in [0.05, 0.1) is 12.5 Å². The van der Waals surface area contributed by atoms with E-state index in [-0.39, 0.29) is 18.4 Å². The molecule has 1 unspecified atom stereocenters. The molecule has 0 aliphatic carbocycles. The molecule has 1 amide bonds. The monoisotopic (exact) mass is 336 g/mol. The molecular weight excluding hydrogens is 320 g/mol. The summed E-state index contributed by atoms with van der Waals surface area (Å²) in [6.45, 7) is 0.329. The molecule has 1 atom stereocenters. The van der Waals surface area contributed by atoms with Crippen molar-refractivity contribution in [3.8, 4) is 0 Å². The van der Waals surface area contributed by atoms with Crippen molar-refractivity contribution in [1.29, 1.82) is 0 Å². The van der Waals surface area contributed by atoms with Crippen molar-refractivity contribution >= 4 is 38.3 Å². The smallest absolute Gasteiger partial charge is 0.227 e. The number of hydrogen-bond acceptors (Lipinski definition) is 3. The van der Waals surface area contributed by atoms with Gasteiger partial charge in [0.1, 0.15) is 0 Å². The van der Waals surface area contributed by atoms with Crippen molar-refractivity contribution in [3.63, 3.8) is 0 Å². The zero-order chi connectivity index (χ0) is 14.5. The van der Waals surface area contributed by atoms with Gasteiger partial charge in [0.2, 0.25) is 5.91 Å². The fraction of sp³-hybridized carbons (Fsp3) is 0.267. The van der Waals surface area contributed by atoms with Gasteiger partial charge in [-0.05, 0) is 35.0 Å². The topological polar surface area (TPSA) is 64.3 Å². The summed E-state index contributed by atoms with van der Waals surface area (Å²) >= 11 is 3.44. The first-order chi connectivity index (χ1) is 9.62. The molecule has 2 aromatic rings. The normalized spacial score (nSPS) is 12.3. The van der Waals surface area contributed by atoms with Crippen LogP contribution >= 0.6 is 15.9 Å². The van der Waals surface area contributed by atoms with Crippen LogP contribution in [-0.4, -0.2) is 25.7 Å². The van der Waals surface area contributed by atoms with Gasteiger partial charge in [-0.1, -0.05) is 28.1 Å². The third kappa shape index (κ3) is 3.79. The van der Waals surface area contributed by atoms with E-state index in [1.54, 1.807) is 7.11 Å². The lowest BCUT2D eigenvalue weighted by Gasteiger charge is -2.13. The van der Waals surface area contributed by atoms with Gasteiger partial charge < -0.3 is 15.8 Å². The number of carbonyl (C=O) groups is 1. The highest BCUT2D eigenvalue weighted by Gasteiger charge is 2.11. The van der Waals surface area contributed by atoms with E-state index in [1.165, 1.54) is 0 Å². The van der Waals surface area contributed by atoms with Crippen LogP contribution in [0.25, 0.3) is 10.8 Å². The summed E-state index contributed by atoms with van der Waals surface area (Å²) in [4.78, 5) is 11.9. The van der Waals surface area contributed by atoms with Crippen molar-refractivity contribution in [3.05, 3.63) is 40.9 Å². The number of anilines is 1. The van der Waals surface area contributed by atoms with Crippen LogP contribution < -0.4 is 11.1 Å². The van der Waals surface area contributed by atoms with E-state index in [2.05, 4.69) is 21.2 Å². The van der Waals surface area contributed by atoms with Gasteiger partial charge in [0.15, 0.2) is 0 Å². The van der Waals surface area contributed by atoms with E-state index in [0.717, 1.165) is 20.9 Å². The number of hydrogen-bond donors (Lipinski definition) is 2. The maximum absolute atomic E-state index is 11.9. The minimum absolute atomic E-state index is 0.0984. The Balaban J connectivity index is 2.10. The molecule has 2 rings (SSSR count). The van der Waals surface area contributed by atoms with Gasteiger partial charge in [-0.2, -0.15) is 0 Å². The highest BCUT2D eigenvalue weighted by Crippen LogP contribution is 2.23. The number of fused-ring (bicyclic) bond motifs is 1. The van der Waals surface area contributed by atoms with Crippen LogP contribution in [-0.2, 0) is 9.53 Å². The van der Waals surface area contributed by atoms with Gasteiger partial charge in [-0.25, -0.2) is 0 Å². The molecular formula is C15H17BrN2O2. The summed E-state index contributed by atoms with van der Waals surface area (Å²) in [6.07, 6.45) is 0.0113. The number of benzene rings is 2. The molecule has 0 radical (unpaired) electrons. The Morgan fingerprint density at radius 1 is 1.30 bits per heavy atom. The van der Waals surface area contributed by atoms with Crippen LogP contribution in [0.15, 0.2) is 40.9 Å². The molecule has 0 aromatic heterocycles. The molecule has 0 aliphatic rings. The molecule has 3 N–H and O–H groups in total. The van der Waals surface area contributed by atoms with E-state index >= 15 is 0 Å². The van der Waals surface area contributed by atoms with Crippen LogP contribution in [0.1, 0.15) is 6.42 Å². The van der Waals surface area contributed by atoms with Gasteiger partial charge in [0.25, 0.3) is 0 Å². The first-order valence-corrected chi connectivity index (χ1v) is 7.13. The molecule has 5 heteroatoms. The Labute approximate surface area is 126 Å². The molecule has 0 saturated carbocycles. The van der Waals surface area contributed by atoms with Gasteiger partial charge in [-0.15, -0.1) is 0 Å². The fourth-order valence-corrected chi connectivity index (χ4v) is 2.35. The lowest BCUT2D eigenvalue weighted by atomic mass is 10.1. The third-order valence-electron chi connectivity index (χ3n) is 3.10. The second kappa shape index (κ2) is 6.83. The van der Waals surface area contributed by atoms with Crippen molar-refractivity contribution in [2.45, 2.75) is 12.5 Å². The second-order valence-electron chi connectivity index (χ2n) is 4.55. The number of rotatable bonds is 5. The average Bonchev–Trinajstić information content (AvgIpc) is 2.45. The zero-order valence-corrected chi connectivity index (χ0v) is 12.8. The molecule has 0 bridgehead atoms. The number of amides is 1. The first kappa shape index (κ1) is 15.0. The van der Waals surface area contributed by atoms with Crippen LogP contribution in [0.4, 0.5) is 5.69 Å². The minimum atomic E-state index is -0.244. The van der Waals surface area contributed by atoms with E-state index in [4.69, 9.17) is 10.5 Å². The van der Waals surface area contributed by atoms with Crippen molar-refractivity contribution in [2.75, 3.05) is 19.0 Å². The molecule has 2 aromatic carbocycles. The second-order valence-corrected chi connectivity index (χ2v) is 5.47.